The molecule has 26 heavy (non-hydrogen) atoms. The van der Waals surface area contributed by atoms with E-state index >= 15 is 0 Å². The number of thiazole rings is 1. The summed E-state index contributed by atoms with van der Waals surface area (Å²) < 4.78 is 6.48. The Hall–Kier alpha value is -2.49. The first-order valence-electron chi connectivity index (χ1n) is 8.56. The topological polar surface area (TPSA) is 101 Å². The maximum Gasteiger partial charge on any atom is 0.189 e. The molecule has 1 aliphatic heterocycles. The van der Waals surface area contributed by atoms with E-state index in [2.05, 4.69) is 30.5 Å². The van der Waals surface area contributed by atoms with Crippen molar-refractivity contribution < 1.29 is 4.74 Å². The van der Waals surface area contributed by atoms with Crippen molar-refractivity contribution in [3.63, 3.8) is 0 Å². The SMILES string of the molecule is Nc1c(NCCN2CCOCC2)ncnc1Nc1nc2ccccc2s1. The second-order valence-electron chi connectivity index (χ2n) is 5.98. The van der Waals surface area contributed by atoms with E-state index in [1.54, 1.807) is 11.3 Å². The Kier molecular flexibility index (Phi) is 5.09. The molecule has 8 nitrogen and oxygen atoms in total. The molecular formula is C17H21N7OS. The number of hydrogen-bond donors (Lipinski definition) is 3. The van der Waals surface area contributed by atoms with Crippen LogP contribution in [0, 0.1) is 0 Å². The third kappa shape index (κ3) is 3.85. The first-order valence-corrected chi connectivity index (χ1v) is 9.38. The van der Waals surface area contributed by atoms with Crippen molar-refractivity contribution in [1.29, 1.82) is 0 Å². The Morgan fingerprint density at radius 3 is 2.81 bits per heavy atom. The summed E-state index contributed by atoms with van der Waals surface area (Å²) in [6.45, 7) is 5.21. The van der Waals surface area contributed by atoms with Crippen LogP contribution in [0.3, 0.4) is 0 Å². The van der Waals surface area contributed by atoms with Crippen LogP contribution in [0.15, 0.2) is 30.6 Å². The van der Waals surface area contributed by atoms with Crippen molar-refractivity contribution >= 4 is 44.0 Å². The van der Waals surface area contributed by atoms with E-state index in [1.807, 2.05) is 24.3 Å². The second kappa shape index (κ2) is 7.81. The maximum atomic E-state index is 6.24. The summed E-state index contributed by atoms with van der Waals surface area (Å²) in [5.41, 5.74) is 7.69. The lowest BCUT2D eigenvalue weighted by atomic mass is 10.3. The van der Waals surface area contributed by atoms with Gasteiger partial charge in [-0.15, -0.1) is 0 Å². The number of benzene rings is 1. The number of fused-ring (bicyclic) bond motifs is 1. The number of nitrogen functional groups attached to an aromatic ring is 1. The third-order valence-corrected chi connectivity index (χ3v) is 5.18. The lowest BCUT2D eigenvalue weighted by molar-refractivity contribution is 0.0398. The summed E-state index contributed by atoms with van der Waals surface area (Å²) in [5.74, 6) is 1.20. The van der Waals surface area contributed by atoms with Crippen molar-refractivity contribution in [2.24, 2.45) is 0 Å². The minimum absolute atomic E-state index is 0.494. The molecule has 1 fully saturated rings. The molecule has 1 saturated heterocycles. The molecule has 0 spiro atoms. The Morgan fingerprint density at radius 2 is 1.96 bits per heavy atom. The second-order valence-corrected chi connectivity index (χ2v) is 7.01. The van der Waals surface area contributed by atoms with Gasteiger partial charge in [0.1, 0.15) is 12.0 Å². The molecule has 0 atom stereocenters. The molecule has 136 valence electrons. The first kappa shape index (κ1) is 17.0. The van der Waals surface area contributed by atoms with Crippen LogP contribution >= 0.6 is 11.3 Å². The number of aromatic nitrogens is 3. The fourth-order valence-electron chi connectivity index (χ4n) is 2.82. The van der Waals surface area contributed by atoms with Crippen molar-refractivity contribution in [3.05, 3.63) is 30.6 Å². The molecule has 2 aromatic heterocycles. The van der Waals surface area contributed by atoms with Crippen LogP contribution < -0.4 is 16.4 Å². The number of morpholine rings is 1. The van der Waals surface area contributed by atoms with Crippen LogP contribution in [0.4, 0.5) is 22.5 Å². The molecule has 0 amide bonds. The Balaban J connectivity index is 1.41. The largest absolute Gasteiger partial charge is 0.393 e. The number of rotatable bonds is 6. The Morgan fingerprint density at radius 1 is 1.15 bits per heavy atom. The maximum absolute atomic E-state index is 6.24. The van der Waals surface area contributed by atoms with Crippen molar-refractivity contribution in [2.45, 2.75) is 0 Å². The van der Waals surface area contributed by atoms with Crippen LogP contribution in [-0.2, 0) is 4.74 Å². The lowest BCUT2D eigenvalue weighted by Gasteiger charge is -2.26. The first-order chi connectivity index (χ1) is 12.8. The normalized spacial score (nSPS) is 15.2. The van der Waals surface area contributed by atoms with E-state index in [-0.39, 0.29) is 0 Å². The standard InChI is InChI=1S/C17H21N7OS/c18-14-15(19-5-6-24-7-9-25-10-8-24)20-11-21-16(14)23-17-22-12-3-1-2-4-13(12)26-17/h1-4,11H,5-10,18H2,(H2,19,20,21,22,23). The summed E-state index contributed by atoms with van der Waals surface area (Å²) in [4.78, 5) is 15.4. The number of ether oxygens (including phenoxy) is 1. The fourth-order valence-corrected chi connectivity index (χ4v) is 3.69. The van der Waals surface area contributed by atoms with Crippen molar-refractivity contribution in [1.82, 2.24) is 19.9 Å². The van der Waals surface area contributed by atoms with Gasteiger partial charge < -0.3 is 21.1 Å². The summed E-state index contributed by atoms with van der Waals surface area (Å²) in [5, 5.41) is 7.26. The Labute approximate surface area is 155 Å². The Bertz CT molecular complexity index is 845. The van der Waals surface area contributed by atoms with Gasteiger partial charge in [-0.25, -0.2) is 15.0 Å². The monoisotopic (exact) mass is 371 g/mol. The van der Waals surface area contributed by atoms with Gasteiger partial charge in [-0.1, -0.05) is 23.5 Å². The van der Waals surface area contributed by atoms with Gasteiger partial charge in [0.05, 0.1) is 23.4 Å². The van der Waals surface area contributed by atoms with E-state index < -0.39 is 0 Å². The summed E-state index contributed by atoms with van der Waals surface area (Å²) in [7, 11) is 0. The van der Waals surface area contributed by atoms with Gasteiger partial charge in [0.15, 0.2) is 16.8 Å². The number of para-hydroxylation sites is 1. The zero-order valence-corrected chi connectivity index (χ0v) is 15.1. The van der Waals surface area contributed by atoms with Gasteiger partial charge in [-0.2, -0.15) is 0 Å². The molecule has 1 aliphatic rings. The molecule has 1 aromatic carbocycles. The number of anilines is 4. The molecule has 4 N–H and O–H groups in total. The van der Waals surface area contributed by atoms with E-state index in [0.717, 1.165) is 54.7 Å². The fraction of sp³-hybridized carbons (Fsp3) is 0.353. The van der Waals surface area contributed by atoms with Crippen LogP contribution in [0.2, 0.25) is 0 Å². The molecule has 3 aromatic rings. The molecule has 0 radical (unpaired) electrons. The lowest BCUT2D eigenvalue weighted by Crippen LogP contribution is -2.39. The highest BCUT2D eigenvalue weighted by atomic mass is 32.1. The third-order valence-electron chi connectivity index (χ3n) is 4.23. The molecule has 0 unspecified atom stereocenters. The number of nitrogens with two attached hydrogens (primary N) is 1. The molecule has 4 rings (SSSR count). The quantitative estimate of drug-likeness (QED) is 0.606. The molecule has 3 heterocycles. The predicted molar refractivity (Wildman–Crippen MR) is 105 cm³/mol. The summed E-state index contributed by atoms with van der Waals surface area (Å²) in [6.07, 6.45) is 1.50. The van der Waals surface area contributed by atoms with Crippen LogP contribution in [0.1, 0.15) is 0 Å². The molecular weight excluding hydrogens is 350 g/mol. The van der Waals surface area contributed by atoms with Gasteiger partial charge >= 0.3 is 0 Å². The zero-order chi connectivity index (χ0) is 17.8. The average Bonchev–Trinajstić information content (AvgIpc) is 3.08. The minimum atomic E-state index is 0.494. The predicted octanol–water partition coefficient (Wildman–Crippen LogP) is 2.16. The van der Waals surface area contributed by atoms with E-state index in [0.29, 0.717) is 17.3 Å². The van der Waals surface area contributed by atoms with E-state index in [1.165, 1.54) is 6.33 Å². The minimum Gasteiger partial charge on any atom is -0.393 e. The smallest absolute Gasteiger partial charge is 0.189 e. The van der Waals surface area contributed by atoms with Crippen LogP contribution in [0.25, 0.3) is 10.2 Å². The summed E-state index contributed by atoms with van der Waals surface area (Å²) in [6, 6.07) is 8.00. The van der Waals surface area contributed by atoms with Gasteiger partial charge in [0.2, 0.25) is 0 Å². The highest BCUT2D eigenvalue weighted by Gasteiger charge is 2.12. The molecule has 0 saturated carbocycles. The van der Waals surface area contributed by atoms with Crippen molar-refractivity contribution in [2.75, 3.05) is 55.8 Å². The van der Waals surface area contributed by atoms with Gasteiger partial charge in [0, 0.05) is 26.2 Å². The number of nitrogens with one attached hydrogen (secondary N) is 2. The van der Waals surface area contributed by atoms with E-state index in [4.69, 9.17) is 10.5 Å². The average molecular weight is 371 g/mol. The van der Waals surface area contributed by atoms with Gasteiger partial charge in [0.25, 0.3) is 0 Å². The molecule has 0 aliphatic carbocycles. The molecule has 9 heteroatoms. The van der Waals surface area contributed by atoms with Crippen molar-refractivity contribution in [3.8, 4) is 0 Å². The zero-order valence-electron chi connectivity index (χ0n) is 14.3. The van der Waals surface area contributed by atoms with Gasteiger partial charge in [-0.3, -0.25) is 4.90 Å². The summed E-state index contributed by atoms with van der Waals surface area (Å²) >= 11 is 1.57. The highest BCUT2D eigenvalue weighted by Crippen LogP contribution is 2.30. The van der Waals surface area contributed by atoms with Crippen LogP contribution in [-0.4, -0.2) is 59.2 Å². The molecule has 0 bridgehead atoms. The number of hydrogen-bond acceptors (Lipinski definition) is 9. The number of nitrogens with zero attached hydrogens (tertiary/aromatic N) is 4. The highest BCUT2D eigenvalue weighted by molar-refractivity contribution is 7.22. The van der Waals surface area contributed by atoms with Gasteiger partial charge in [-0.05, 0) is 12.1 Å². The van der Waals surface area contributed by atoms with E-state index in [9.17, 15) is 0 Å². The van der Waals surface area contributed by atoms with Crippen LogP contribution in [0.5, 0.6) is 0 Å².